The number of carbonyl (C=O) groups is 1. The molecule has 5 nitrogen and oxygen atoms in total. The minimum absolute atomic E-state index is 0.132. The molecule has 2 saturated heterocycles. The number of nitrogens with zero attached hydrogens (tertiary/aromatic N) is 1. The minimum atomic E-state index is 0.132. The zero-order valence-corrected chi connectivity index (χ0v) is 15.3. The maximum Gasteiger partial charge on any atom is 0.224 e. The number of benzene rings is 1. The summed E-state index contributed by atoms with van der Waals surface area (Å²) in [5.74, 6) is 0.830. The average Bonchev–Trinajstić information content (AvgIpc) is 2.68. The fraction of sp³-hybridized carbons (Fsp3) is 0.650. The zero-order chi connectivity index (χ0) is 17.5. The van der Waals surface area contributed by atoms with E-state index in [2.05, 4.69) is 34.6 Å². The number of amides is 1. The number of rotatable bonds is 6. The predicted molar refractivity (Wildman–Crippen MR) is 101 cm³/mol. The largest absolute Gasteiger partial charge is 0.379 e. The summed E-state index contributed by atoms with van der Waals surface area (Å²) in [6.45, 7) is 8.01. The fourth-order valence-corrected chi connectivity index (χ4v) is 3.75. The number of morpholine rings is 1. The van der Waals surface area contributed by atoms with Gasteiger partial charge < -0.3 is 15.4 Å². The molecule has 138 valence electrons. The Bertz CT molecular complexity index is 534. The van der Waals surface area contributed by atoms with Gasteiger partial charge in [-0.1, -0.05) is 12.1 Å². The lowest BCUT2D eigenvalue weighted by molar-refractivity contribution is -0.116. The van der Waals surface area contributed by atoms with Crippen molar-refractivity contribution in [1.82, 2.24) is 10.2 Å². The van der Waals surface area contributed by atoms with E-state index < -0.39 is 0 Å². The highest BCUT2D eigenvalue weighted by atomic mass is 16.5. The topological polar surface area (TPSA) is 53.6 Å². The molecule has 2 aliphatic heterocycles. The van der Waals surface area contributed by atoms with Crippen molar-refractivity contribution in [3.8, 4) is 0 Å². The third-order valence-electron chi connectivity index (χ3n) is 5.51. The van der Waals surface area contributed by atoms with Crippen LogP contribution in [-0.2, 0) is 9.53 Å². The SMILES string of the molecule is CC(c1ccc(NC(=O)CCC2CCNCC2)cc1)N1CCOCC1. The number of carbonyl (C=O) groups excluding carboxylic acids is 1. The van der Waals surface area contributed by atoms with Crippen molar-refractivity contribution in [1.29, 1.82) is 0 Å². The Balaban J connectivity index is 1.45. The molecule has 5 heteroatoms. The molecule has 2 fully saturated rings. The van der Waals surface area contributed by atoms with Gasteiger partial charge in [-0.05, 0) is 62.9 Å². The van der Waals surface area contributed by atoms with Crippen molar-refractivity contribution in [3.05, 3.63) is 29.8 Å². The van der Waals surface area contributed by atoms with Crippen LogP contribution in [0.25, 0.3) is 0 Å². The molecule has 0 bridgehead atoms. The Morgan fingerprint density at radius 1 is 1.24 bits per heavy atom. The molecular weight excluding hydrogens is 314 g/mol. The maximum absolute atomic E-state index is 12.2. The Hall–Kier alpha value is -1.43. The van der Waals surface area contributed by atoms with E-state index in [0.29, 0.717) is 18.4 Å². The first kappa shape index (κ1) is 18.4. The van der Waals surface area contributed by atoms with Crippen LogP contribution in [0.3, 0.4) is 0 Å². The van der Waals surface area contributed by atoms with E-state index in [1.807, 2.05) is 12.1 Å². The molecule has 25 heavy (non-hydrogen) atoms. The Morgan fingerprint density at radius 3 is 2.60 bits per heavy atom. The lowest BCUT2D eigenvalue weighted by Gasteiger charge is -2.32. The predicted octanol–water partition coefficient (Wildman–Crippen LogP) is 2.80. The number of hydrogen-bond donors (Lipinski definition) is 2. The average molecular weight is 345 g/mol. The van der Waals surface area contributed by atoms with Gasteiger partial charge in [-0.3, -0.25) is 9.69 Å². The number of anilines is 1. The first-order valence-electron chi connectivity index (χ1n) is 9.64. The number of ether oxygens (including phenoxy) is 1. The first-order chi connectivity index (χ1) is 12.2. The van der Waals surface area contributed by atoms with Crippen LogP contribution in [0.5, 0.6) is 0 Å². The third-order valence-corrected chi connectivity index (χ3v) is 5.51. The van der Waals surface area contributed by atoms with Crippen LogP contribution >= 0.6 is 0 Å². The van der Waals surface area contributed by atoms with Crippen molar-refractivity contribution < 1.29 is 9.53 Å². The van der Waals surface area contributed by atoms with Crippen LogP contribution in [-0.4, -0.2) is 50.2 Å². The highest BCUT2D eigenvalue weighted by Crippen LogP contribution is 2.23. The summed E-state index contributed by atoms with van der Waals surface area (Å²) in [6, 6.07) is 8.68. The van der Waals surface area contributed by atoms with Crippen LogP contribution < -0.4 is 10.6 Å². The molecule has 1 atom stereocenters. The van der Waals surface area contributed by atoms with Crippen LogP contribution in [0.4, 0.5) is 5.69 Å². The number of hydrogen-bond acceptors (Lipinski definition) is 4. The lowest BCUT2D eigenvalue weighted by Crippen LogP contribution is -2.37. The lowest BCUT2D eigenvalue weighted by atomic mass is 9.93. The van der Waals surface area contributed by atoms with E-state index in [4.69, 9.17) is 4.74 Å². The zero-order valence-electron chi connectivity index (χ0n) is 15.3. The number of piperidine rings is 1. The van der Waals surface area contributed by atoms with Gasteiger partial charge >= 0.3 is 0 Å². The molecule has 1 aromatic rings. The van der Waals surface area contributed by atoms with E-state index in [9.17, 15) is 4.79 Å². The van der Waals surface area contributed by atoms with E-state index in [0.717, 1.165) is 51.5 Å². The van der Waals surface area contributed by atoms with E-state index in [-0.39, 0.29) is 5.91 Å². The minimum Gasteiger partial charge on any atom is -0.379 e. The molecule has 0 spiro atoms. The van der Waals surface area contributed by atoms with E-state index in [1.54, 1.807) is 0 Å². The summed E-state index contributed by atoms with van der Waals surface area (Å²) in [4.78, 5) is 14.6. The molecule has 0 aliphatic carbocycles. The van der Waals surface area contributed by atoms with Gasteiger partial charge in [-0.15, -0.1) is 0 Å². The van der Waals surface area contributed by atoms with Gasteiger partial charge in [0.15, 0.2) is 0 Å². The second-order valence-electron chi connectivity index (χ2n) is 7.23. The first-order valence-corrected chi connectivity index (χ1v) is 9.64. The van der Waals surface area contributed by atoms with E-state index in [1.165, 1.54) is 18.4 Å². The summed E-state index contributed by atoms with van der Waals surface area (Å²) in [6.07, 6.45) is 4.01. The Kier molecular flexibility index (Phi) is 6.84. The molecule has 1 unspecified atom stereocenters. The molecule has 2 heterocycles. The van der Waals surface area contributed by atoms with Crippen molar-refractivity contribution in [2.75, 3.05) is 44.7 Å². The second kappa shape index (κ2) is 9.32. The summed E-state index contributed by atoms with van der Waals surface area (Å²) in [7, 11) is 0. The van der Waals surface area contributed by atoms with Crippen LogP contribution in [0.1, 0.15) is 44.2 Å². The Morgan fingerprint density at radius 2 is 1.92 bits per heavy atom. The monoisotopic (exact) mass is 345 g/mol. The molecule has 0 aromatic heterocycles. The van der Waals surface area contributed by atoms with E-state index >= 15 is 0 Å². The van der Waals surface area contributed by atoms with Gasteiger partial charge in [0, 0.05) is 31.2 Å². The van der Waals surface area contributed by atoms with Crippen LogP contribution in [0.2, 0.25) is 0 Å². The quantitative estimate of drug-likeness (QED) is 0.832. The summed E-state index contributed by atoms with van der Waals surface area (Å²) in [5.41, 5.74) is 2.18. The smallest absolute Gasteiger partial charge is 0.224 e. The molecule has 1 amide bonds. The molecule has 1 aromatic carbocycles. The van der Waals surface area contributed by atoms with Crippen LogP contribution in [0.15, 0.2) is 24.3 Å². The summed E-state index contributed by atoms with van der Waals surface area (Å²) >= 11 is 0. The van der Waals surface area contributed by atoms with Gasteiger partial charge in [0.05, 0.1) is 13.2 Å². The molecule has 2 aliphatic rings. The molecule has 0 radical (unpaired) electrons. The van der Waals surface area contributed by atoms with Crippen molar-refractivity contribution in [2.45, 2.75) is 38.6 Å². The van der Waals surface area contributed by atoms with Crippen molar-refractivity contribution >= 4 is 11.6 Å². The Labute approximate surface area is 151 Å². The maximum atomic E-state index is 12.2. The van der Waals surface area contributed by atoms with Gasteiger partial charge in [0.2, 0.25) is 5.91 Å². The standard InChI is InChI=1S/C20H31N3O2/c1-16(23-12-14-25-15-13-23)18-3-5-19(6-4-18)22-20(24)7-2-17-8-10-21-11-9-17/h3-6,16-17,21H,2,7-15H2,1H3,(H,22,24). The third kappa shape index (κ3) is 5.53. The highest BCUT2D eigenvalue weighted by Gasteiger charge is 2.18. The van der Waals surface area contributed by atoms with Gasteiger partial charge in [0.25, 0.3) is 0 Å². The molecule has 0 saturated carbocycles. The van der Waals surface area contributed by atoms with Gasteiger partial charge in [-0.25, -0.2) is 0 Å². The van der Waals surface area contributed by atoms with Gasteiger partial charge in [-0.2, -0.15) is 0 Å². The fourth-order valence-electron chi connectivity index (χ4n) is 3.75. The normalized spacial score (nSPS) is 21.0. The molecular formula is C20H31N3O2. The van der Waals surface area contributed by atoms with Crippen molar-refractivity contribution in [2.24, 2.45) is 5.92 Å². The van der Waals surface area contributed by atoms with Crippen LogP contribution in [0, 0.1) is 5.92 Å². The molecule has 2 N–H and O–H groups in total. The summed E-state index contributed by atoms with van der Waals surface area (Å²) in [5, 5.41) is 6.41. The summed E-state index contributed by atoms with van der Waals surface area (Å²) < 4.78 is 5.42. The molecule has 3 rings (SSSR count). The van der Waals surface area contributed by atoms with Crippen molar-refractivity contribution in [3.63, 3.8) is 0 Å². The second-order valence-corrected chi connectivity index (χ2v) is 7.23. The number of nitrogens with one attached hydrogen (secondary N) is 2. The highest BCUT2D eigenvalue weighted by molar-refractivity contribution is 5.90. The van der Waals surface area contributed by atoms with Gasteiger partial charge in [0.1, 0.15) is 0 Å².